The van der Waals surface area contributed by atoms with Gasteiger partial charge in [-0.3, -0.25) is 9.59 Å². The summed E-state index contributed by atoms with van der Waals surface area (Å²) < 4.78 is 17.6. The Labute approximate surface area is 490 Å². The number of hydrogen-bond acceptors (Lipinski definition) is 10. The molecule has 8 atom stereocenters. The maximum absolute atomic E-state index is 13.5. The zero-order valence-electron chi connectivity index (χ0n) is 51.4. The second-order valence-electron chi connectivity index (χ2n) is 23.0. The Morgan fingerprint density at radius 1 is 0.500 bits per heavy atom. The molecule has 11 nitrogen and oxygen atoms in total. The van der Waals surface area contributed by atoms with Crippen molar-refractivity contribution < 1.29 is 49.3 Å². The molecule has 0 radical (unpaired) electrons. The molecule has 8 unspecified atom stereocenters. The quantitative estimate of drug-likeness (QED) is 0.0149. The third kappa shape index (κ3) is 43.7. The Bertz CT molecular complexity index is 1580. The molecule has 0 aromatic carbocycles. The highest BCUT2D eigenvalue weighted by Crippen LogP contribution is 2.26. The molecule has 11 heteroatoms. The van der Waals surface area contributed by atoms with Gasteiger partial charge in [-0.2, -0.15) is 0 Å². The summed E-state index contributed by atoms with van der Waals surface area (Å²) in [6, 6.07) is -1.03. The number of nitrogens with one attached hydrogen (secondary N) is 1. The van der Waals surface area contributed by atoms with E-state index >= 15 is 0 Å². The molecule has 80 heavy (non-hydrogen) atoms. The fourth-order valence-electron chi connectivity index (χ4n) is 10.3. The molecule has 6 N–H and O–H groups in total. The number of hydrogen-bond donors (Lipinski definition) is 6. The first-order chi connectivity index (χ1) is 39.2. The number of rotatable bonds is 56. The normalized spacial score (nSPS) is 19.2. The van der Waals surface area contributed by atoms with Gasteiger partial charge in [-0.1, -0.05) is 312 Å². The van der Waals surface area contributed by atoms with Crippen molar-refractivity contribution in [3.05, 3.63) is 72.9 Å². The van der Waals surface area contributed by atoms with Crippen LogP contribution in [0.25, 0.3) is 0 Å². The van der Waals surface area contributed by atoms with Gasteiger partial charge >= 0.3 is 5.97 Å². The standard InChI is InChI=1S/C69H123NO10/c1-4-7-10-13-16-19-22-25-27-28-29-30-31-32-33-34-35-37-38-41-44-47-50-53-56-62(73)68(77)70-60(61(72)55-52-49-46-43-40-24-21-18-15-12-9-6-3)59-78-69-67(66(76)65(75)63(58-71)79-69)80-64(74)57-54-51-48-45-42-39-36-26-23-20-17-14-11-8-5-2/h8,11,14,17,20,23,26,36,39,42,52,55,60-63,65-67,69,71-73,75-76H,4-7,9-10,12-13,15-16,18-19,21-22,24-25,27-35,37-38,40-41,43-51,53-54,56-59H2,1-3H3,(H,70,77)/b11-8+,17-14+,23-20-,36-26-,42-39+,55-52+. The molecular weight excluding hydrogens is 1000 g/mol. The highest BCUT2D eigenvalue weighted by atomic mass is 16.7. The van der Waals surface area contributed by atoms with Gasteiger partial charge in [0.15, 0.2) is 12.4 Å². The van der Waals surface area contributed by atoms with E-state index in [0.29, 0.717) is 12.8 Å². The van der Waals surface area contributed by atoms with Crippen molar-refractivity contribution in [1.29, 1.82) is 0 Å². The van der Waals surface area contributed by atoms with Crippen molar-refractivity contribution >= 4 is 11.9 Å². The highest BCUT2D eigenvalue weighted by Gasteiger charge is 2.47. The van der Waals surface area contributed by atoms with Gasteiger partial charge in [0.2, 0.25) is 5.91 Å². The number of unbranched alkanes of at least 4 members (excludes halogenated alkanes) is 36. The molecule has 0 aromatic heterocycles. The summed E-state index contributed by atoms with van der Waals surface area (Å²) in [7, 11) is 0. The van der Waals surface area contributed by atoms with E-state index in [-0.39, 0.29) is 19.4 Å². The largest absolute Gasteiger partial charge is 0.454 e. The minimum atomic E-state index is -1.63. The van der Waals surface area contributed by atoms with Crippen LogP contribution in [0.5, 0.6) is 0 Å². The van der Waals surface area contributed by atoms with E-state index in [1.165, 1.54) is 180 Å². The fourth-order valence-corrected chi connectivity index (χ4v) is 10.3. The molecule has 0 bridgehead atoms. The van der Waals surface area contributed by atoms with Crippen LogP contribution >= 0.6 is 0 Å². The van der Waals surface area contributed by atoms with Crippen molar-refractivity contribution in [1.82, 2.24) is 5.32 Å². The van der Waals surface area contributed by atoms with Gasteiger partial charge in [-0.05, 0) is 44.9 Å². The van der Waals surface area contributed by atoms with Crippen LogP contribution < -0.4 is 5.32 Å². The number of carbonyl (C=O) groups excluding carboxylic acids is 2. The van der Waals surface area contributed by atoms with E-state index in [1.807, 2.05) is 54.7 Å². The smallest absolute Gasteiger partial charge is 0.306 e. The van der Waals surface area contributed by atoms with E-state index in [1.54, 1.807) is 6.08 Å². The third-order valence-corrected chi connectivity index (χ3v) is 15.5. The molecule has 1 fully saturated rings. The number of ether oxygens (including phenoxy) is 3. The average Bonchev–Trinajstić information content (AvgIpc) is 3.48. The molecular formula is C69H123NO10. The predicted octanol–water partition coefficient (Wildman–Crippen LogP) is 16.3. The summed E-state index contributed by atoms with van der Waals surface area (Å²) in [5.41, 5.74) is 0. The summed E-state index contributed by atoms with van der Waals surface area (Å²) in [6.45, 7) is 5.64. The fraction of sp³-hybridized carbons (Fsp3) is 0.797. The lowest BCUT2D eigenvalue weighted by atomic mass is 9.99. The molecule has 464 valence electrons. The second kappa shape index (κ2) is 56.6. The predicted molar refractivity (Wildman–Crippen MR) is 333 cm³/mol. The average molecular weight is 1130 g/mol. The van der Waals surface area contributed by atoms with Crippen LogP contribution in [0.1, 0.15) is 290 Å². The van der Waals surface area contributed by atoms with Crippen molar-refractivity contribution in [2.24, 2.45) is 0 Å². The second-order valence-corrected chi connectivity index (χ2v) is 23.0. The number of amides is 1. The number of aliphatic hydroxyl groups excluding tert-OH is 5. The van der Waals surface area contributed by atoms with E-state index < -0.39 is 67.4 Å². The Balaban J connectivity index is 2.61. The zero-order valence-corrected chi connectivity index (χ0v) is 51.4. The first-order valence-corrected chi connectivity index (χ1v) is 33.3. The van der Waals surface area contributed by atoms with Gasteiger partial charge in [0.05, 0.1) is 25.4 Å². The van der Waals surface area contributed by atoms with Crippen LogP contribution in [-0.4, -0.2) is 99.6 Å². The Kier molecular flexibility index (Phi) is 53.1. The van der Waals surface area contributed by atoms with Crippen LogP contribution in [0, 0.1) is 0 Å². The first kappa shape index (κ1) is 75.1. The Hall–Kier alpha value is -2.90. The maximum Gasteiger partial charge on any atom is 0.306 e. The summed E-state index contributed by atoms with van der Waals surface area (Å²) >= 11 is 0. The van der Waals surface area contributed by atoms with Crippen LogP contribution in [0.3, 0.4) is 0 Å². The molecule has 0 aliphatic carbocycles. The molecule has 1 saturated heterocycles. The SMILES string of the molecule is CC/C=C/C=C/C=C\C=C/C=C/CCCCCC(=O)OC1C(OCC(NC(=O)C(O)CCCCCCCCCCCCCCCCCCCCCCCCCC)C(O)/C=C/CCCCCCCCCCCC)OC(CO)C(O)C1O. The summed E-state index contributed by atoms with van der Waals surface area (Å²) in [5, 5.41) is 57.0. The highest BCUT2D eigenvalue weighted by molar-refractivity contribution is 5.80. The van der Waals surface area contributed by atoms with Gasteiger partial charge in [0.25, 0.3) is 0 Å². The van der Waals surface area contributed by atoms with Gasteiger partial charge in [-0.15, -0.1) is 0 Å². The van der Waals surface area contributed by atoms with Crippen molar-refractivity contribution in [2.45, 2.75) is 339 Å². The van der Waals surface area contributed by atoms with E-state index in [0.717, 1.165) is 64.2 Å². The first-order valence-electron chi connectivity index (χ1n) is 33.3. The molecule has 0 saturated carbocycles. The molecule has 1 aliphatic heterocycles. The van der Waals surface area contributed by atoms with Crippen LogP contribution in [-0.2, 0) is 23.8 Å². The summed E-state index contributed by atoms with van der Waals surface area (Å²) in [5.74, 6) is -1.23. The van der Waals surface area contributed by atoms with E-state index in [2.05, 4.69) is 38.2 Å². The number of allylic oxidation sites excluding steroid dienone is 11. The molecule has 0 aromatic rings. The minimum absolute atomic E-state index is 0.0730. The molecule has 1 heterocycles. The lowest BCUT2D eigenvalue weighted by Gasteiger charge is -2.41. The summed E-state index contributed by atoms with van der Waals surface area (Å²) in [6.07, 6.45) is 62.4. The third-order valence-electron chi connectivity index (χ3n) is 15.5. The Morgan fingerprint density at radius 3 is 1.35 bits per heavy atom. The van der Waals surface area contributed by atoms with Crippen LogP contribution in [0.2, 0.25) is 0 Å². The zero-order chi connectivity index (χ0) is 58.2. The van der Waals surface area contributed by atoms with Crippen molar-refractivity contribution in [3.63, 3.8) is 0 Å². The van der Waals surface area contributed by atoms with Crippen molar-refractivity contribution in [2.75, 3.05) is 13.2 Å². The molecule has 0 spiro atoms. The van der Waals surface area contributed by atoms with Crippen LogP contribution in [0.15, 0.2) is 72.9 Å². The molecule has 1 amide bonds. The van der Waals surface area contributed by atoms with Gasteiger partial charge in [-0.25, -0.2) is 0 Å². The summed E-state index contributed by atoms with van der Waals surface area (Å²) in [4.78, 5) is 26.6. The van der Waals surface area contributed by atoms with Crippen LogP contribution in [0.4, 0.5) is 0 Å². The number of aliphatic hydroxyl groups is 5. The van der Waals surface area contributed by atoms with Gasteiger partial charge in [0, 0.05) is 6.42 Å². The van der Waals surface area contributed by atoms with Gasteiger partial charge < -0.3 is 45.1 Å². The Morgan fingerprint density at radius 2 is 0.900 bits per heavy atom. The number of esters is 1. The minimum Gasteiger partial charge on any atom is -0.454 e. The lowest BCUT2D eigenvalue weighted by molar-refractivity contribution is -0.305. The number of carbonyl (C=O) groups is 2. The van der Waals surface area contributed by atoms with Crippen molar-refractivity contribution in [3.8, 4) is 0 Å². The molecule has 1 aliphatic rings. The van der Waals surface area contributed by atoms with Gasteiger partial charge in [0.1, 0.15) is 24.4 Å². The van der Waals surface area contributed by atoms with E-state index in [4.69, 9.17) is 14.2 Å². The van der Waals surface area contributed by atoms with E-state index in [9.17, 15) is 35.1 Å². The monoisotopic (exact) mass is 1130 g/mol. The molecule has 1 rings (SSSR count). The topological polar surface area (TPSA) is 175 Å². The lowest BCUT2D eigenvalue weighted by Crippen LogP contribution is -2.61. The maximum atomic E-state index is 13.5.